The van der Waals surface area contributed by atoms with Crippen molar-refractivity contribution < 1.29 is 20.1 Å². The number of benzene rings is 2. The number of nitrogens with one attached hydrogen (secondary N) is 2. The third kappa shape index (κ3) is 2.21. The number of aromatic hydroxyl groups is 2. The van der Waals surface area contributed by atoms with Gasteiger partial charge in [-0.1, -0.05) is 0 Å². The molecule has 2 aromatic heterocycles. The number of phenols is 2. The fraction of sp³-hybridized carbons (Fsp3) is 0.100. The van der Waals surface area contributed by atoms with E-state index in [1.807, 2.05) is 0 Å². The molecule has 0 saturated carbocycles. The molecule has 1 aliphatic heterocycles. The summed E-state index contributed by atoms with van der Waals surface area (Å²) in [5.41, 5.74) is 3.90. The summed E-state index contributed by atoms with van der Waals surface area (Å²) in [5, 5.41) is 31.6. The summed E-state index contributed by atoms with van der Waals surface area (Å²) in [6.07, 6.45) is 3.71. The molecule has 7 nitrogen and oxygen atoms in total. The second-order valence-electron chi connectivity index (χ2n) is 6.66. The van der Waals surface area contributed by atoms with Gasteiger partial charge in [-0.25, -0.2) is 4.79 Å². The maximum atomic E-state index is 11.8. The summed E-state index contributed by atoms with van der Waals surface area (Å²) in [6.45, 7) is 0. The number of fused-ring (bicyclic) bond motifs is 1. The molecule has 5 rings (SSSR count). The van der Waals surface area contributed by atoms with Gasteiger partial charge in [-0.05, 0) is 35.9 Å². The van der Waals surface area contributed by atoms with Gasteiger partial charge in [0.1, 0.15) is 11.5 Å². The average molecular weight is 361 g/mol. The van der Waals surface area contributed by atoms with Crippen LogP contribution in [0.3, 0.4) is 0 Å². The van der Waals surface area contributed by atoms with Gasteiger partial charge in [0.05, 0.1) is 11.3 Å². The zero-order valence-electron chi connectivity index (χ0n) is 14.0. The summed E-state index contributed by atoms with van der Waals surface area (Å²) >= 11 is 0. The normalized spacial score (nSPS) is 16.4. The Bertz CT molecular complexity index is 1270. The van der Waals surface area contributed by atoms with Gasteiger partial charge in [-0.2, -0.15) is 0 Å². The minimum Gasteiger partial charge on any atom is -0.508 e. The molecule has 3 heterocycles. The number of aromatic nitrogens is 2. The van der Waals surface area contributed by atoms with Crippen molar-refractivity contribution in [3.63, 3.8) is 0 Å². The average Bonchev–Trinajstić information content (AvgIpc) is 3.18. The minimum atomic E-state index is -1.03. The van der Waals surface area contributed by atoms with Crippen LogP contribution in [-0.2, 0) is 11.2 Å². The van der Waals surface area contributed by atoms with Crippen LogP contribution in [0.2, 0.25) is 0 Å². The van der Waals surface area contributed by atoms with Crippen LogP contribution in [0.4, 0.5) is 0 Å². The fourth-order valence-corrected chi connectivity index (χ4v) is 3.81. The maximum absolute atomic E-state index is 11.8. The highest BCUT2D eigenvalue weighted by atomic mass is 16.4. The lowest BCUT2D eigenvalue weighted by Gasteiger charge is -2.11. The summed E-state index contributed by atoms with van der Waals surface area (Å²) in [7, 11) is 0. The van der Waals surface area contributed by atoms with Gasteiger partial charge in [0.25, 0.3) is 0 Å². The standard InChI is InChI=1S/C20H15N3O4/c24-10-1-2-13-11(6-10)12(8-22-13)19-18-16(25)4-3-14-17(18)9(7-21-14)5-15(23-19)20(26)27/h1-4,6-8,15,21-22,24-25H,5H2,(H,26,27)/t15-/m0/s1. The van der Waals surface area contributed by atoms with Crippen molar-refractivity contribution in [1.82, 2.24) is 9.97 Å². The van der Waals surface area contributed by atoms with Crippen molar-refractivity contribution in [3.05, 3.63) is 59.4 Å². The van der Waals surface area contributed by atoms with Crippen molar-refractivity contribution in [2.75, 3.05) is 0 Å². The number of carbonyl (C=O) groups is 1. The van der Waals surface area contributed by atoms with E-state index < -0.39 is 12.0 Å². The third-order valence-corrected chi connectivity index (χ3v) is 5.05. The molecule has 0 unspecified atom stereocenters. The smallest absolute Gasteiger partial charge is 0.328 e. The van der Waals surface area contributed by atoms with Crippen LogP contribution in [0.5, 0.6) is 11.5 Å². The molecule has 0 bridgehead atoms. The molecule has 0 saturated heterocycles. The van der Waals surface area contributed by atoms with E-state index in [-0.39, 0.29) is 17.9 Å². The Morgan fingerprint density at radius 1 is 1.07 bits per heavy atom. The summed E-state index contributed by atoms with van der Waals surface area (Å²) in [5.74, 6) is -0.906. The number of H-pyrrole nitrogens is 2. The van der Waals surface area contributed by atoms with Crippen LogP contribution in [-0.4, -0.2) is 43.0 Å². The summed E-state index contributed by atoms with van der Waals surface area (Å²) in [6, 6.07) is 7.26. The monoisotopic (exact) mass is 361 g/mol. The number of hydrogen-bond donors (Lipinski definition) is 5. The van der Waals surface area contributed by atoms with Crippen molar-refractivity contribution in [2.45, 2.75) is 12.5 Å². The third-order valence-electron chi connectivity index (χ3n) is 5.05. The Morgan fingerprint density at radius 3 is 2.67 bits per heavy atom. The number of aliphatic carboxylic acids is 1. The largest absolute Gasteiger partial charge is 0.508 e. The van der Waals surface area contributed by atoms with Crippen LogP contribution in [0, 0.1) is 0 Å². The Labute approximate surface area is 152 Å². The van der Waals surface area contributed by atoms with E-state index in [2.05, 4.69) is 15.0 Å². The number of aliphatic imine (C=N–C) groups is 1. The molecule has 0 amide bonds. The molecule has 27 heavy (non-hydrogen) atoms. The molecule has 134 valence electrons. The van der Waals surface area contributed by atoms with Gasteiger partial charge in [0.2, 0.25) is 0 Å². The van der Waals surface area contributed by atoms with Crippen LogP contribution < -0.4 is 0 Å². The van der Waals surface area contributed by atoms with E-state index in [0.29, 0.717) is 22.2 Å². The lowest BCUT2D eigenvalue weighted by molar-refractivity contribution is -0.138. The SMILES string of the molecule is O=C(O)[C@@H]1Cc2c[nH]c3ccc(O)c(c23)C(c2c[nH]c3ccc(O)cc23)=N1. The number of aromatic amines is 2. The van der Waals surface area contributed by atoms with Crippen LogP contribution in [0.25, 0.3) is 21.8 Å². The predicted molar refractivity (Wildman–Crippen MR) is 101 cm³/mol. The first-order valence-electron chi connectivity index (χ1n) is 8.46. The Balaban J connectivity index is 1.89. The molecule has 0 spiro atoms. The van der Waals surface area contributed by atoms with E-state index in [1.54, 1.807) is 42.7 Å². The van der Waals surface area contributed by atoms with E-state index >= 15 is 0 Å². The Morgan fingerprint density at radius 2 is 1.85 bits per heavy atom. The molecule has 2 aromatic carbocycles. The summed E-state index contributed by atoms with van der Waals surface area (Å²) < 4.78 is 0. The first-order valence-corrected chi connectivity index (χ1v) is 8.46. The molecule has 1 aliphatic rings. The van der Waals surface area contributed by atoms with Crippen LogP contribution in [0.1, 0.15) is 16.7 Å². The minimum absolute atomic E-state index is 0.0302. The molecular formula is C20H15N3O4. The molecule has 4 aromatic rings. The highest BCUT2D eigenvalue weighted by Gasteiger charge is 2.29. The van der Waals surface area contributed by atoms with Gasteiger partial charge in [-0.15, -0.1) is 0 Å². The molecule has 0 fully saturated rings. The molecular weight excluding hydrogens is 346 g/mol. The van der Waals surface area contributed by atoms with Crippen molar-refractivity contribution in [3.8, 4) is 11.5 Å². The topological polar surface area (TPSA) is 122 Å². The zero-order valence-corrected chi connectivity index (χ0v) is 14.0. The van der Waals surface area contributed by atoms with E-state index in [9.17, 15) is 20.1 Å². The predicted octanol–water partition coefficient (Wildman–Crippen LogP) is 2.91. The molecule has 0 aliphatic carbocycles. The number of phenolic OH excluding ortho intramolecular Hbond substituents is 2. The van der Waals surface area contributed by atoms with E-state index in [1.165, 1.54) is 0 Å². The van der Waals surface area contributed by atoms with Crippen LogP contribution in [0.15, 0.2) is 47.7 Å². The number of carboxylic acids is 1. The highest BCUT2D eigenvalue weighted by Crippen LogP contribution is 2.37. The molecule has 0 radical (unpaired) electrons. The second-order valence-corrected chi connectivity index (χ2v) is 6.66. The maximum Gasteiger partial charge on any atom is 0.328 e. The van der Waals surface area contributed by atoms with E-state index in [4.69, 9.17) is 0 Å². The Hall–Kier alpha value is -3.74. The number of nitrogens with zero attached hydrogens (tertiary/aromatic N) is 1. The van der Waals surface area contributed by atoms with Gasteiger partial charge < -0.3 is 25.3 Å². The highest BCUT2D eigenvalue weighted by molar-refractivity contribution is 6.26. The number of carboxylic acid groups (broad SMARTS) is 1. The second kappa shape index (κ2) is 5.38. The first kappa shape index (κ1) is 15.5. The molecule has 7 heteroatoms. The lowest BCUT2D eigenvalue weighted by atomic mass is 9.96. The Kier molecular flexibility index (Phi) is 3.09. The van der Waals surface area contributed by atoms with E-state index in [0.717, 1.165) is 22.0 Å². The van der Waals surface area contributed by atoms with Gasteiger partial charge in [0.15, 0.2) is 6.04 Å². The molecule has 5 N–H and O–H groups in total. The van der Waals surface area contributed by atoms with Gasteiger partial charge in [-0.3, -0.25) is 4.99 Å². The van der Waals surface area contributed by atoms with Crippen LogP contribution >= 0.6 is 0 Å². The lowest BCUT2D eigenvalue weighted by Crippen LogP contribution is -2.21. The quantitative estimate of drug-likeness (QED) is 0.377. The first-order chi connectivity index (χ1) is 13.0. The van der Waals surface area contributed by atoms with Gasteiger partial charge >= 0.3 is 5.97 Å². The van der Waals surface area contributed by atoms with Crippen molar-refractivity contribution in [2.24, 2.45) is 4.99 Å². The van der Waals surface area contributed by atoms with Gasteiger partial charge in [0, 0.05) is 46.2 Å². The van der Waals surface area contributed by atoms with Crippen molar-refractivity contribution in [1.29, 1.82) is 0 Å². The fourth-order valence-electron chi connectivity index (χ4n) is 3.81. The number of rotatable bonds is 2. The summed E-state index contributed by atoms with van der Waals surface area (Å²) in [4.78, 5) is 22.6. The number of hydrogen-bond acceptors (Lipinski definition) is 4. The molecule has 1 atom stereocenters. The van der Waals surface area contributed by atoms with Crippen molar-refractivity contribution >= 4 is 33.5 Å². The zero-order chi connectivity index (χ0) is 18.7.